The zero-order valence-electron chi connectivity index (χ0n) is 0.742. The Kier molecular flexibility index (Phi) is 68.9. The van der Waals surface area contributed by atoms with Crippen LogP contribution in [0.3, 0.4) is 0 Å². The SMILES string of the molecule is [KH].[LiH].[O]=[Ir]. The summed E-state index contributed by atoms with van der Waals surface area (Å²) in [6, 6.07) is 0. The second-order valence-electron chi connectivity index (χ2n) is 0. The van der Waals surface area contributed by atoms with Gasteiger partial charge in [-0.05, 0) is 0 Å². The second-order valence-corrected chi connectivity index (χ2v) is 0. The average Bonchev–Trinajstić information content (AvgIpc) is 1.00. The van der Waals surface area contributed by atoms with Gasteiger partial charge in [0.05, 0.1) is 0 Å². The van der Waals surface area contributed by atoms with E-state index in [9.17, 15) is 0 Å². The summed E-state index contributed by atoms with van der Waals surface area (Å²) in [4.78, 5) is 0. The Morgan fingerprint density at radius 1 is 1.25 bits per heavy atom. The van der Waals surface area contributed by atoms with E-state index in [-0.39, 0.29) is 70.2 Å². The molecule has 0 spiro atoms. The van der Waals surface area contributed by atoms with Crippen LogP contribution in [0.5, 0.6) is 0 Å². The zero-order valence-corrected chi connectivity index (χ0v) is 3.14. The van der Waals surface area contributed by atoms with Crippen molar-refractivity contribution in [3.63, 3.8) is 0 Å². The Labute approximate surface area is 90.3 Å². The van der Waals surface area contributed by atoms with Gasteiger partial charge < -0.3 is 0 Å². The molecule has 0 saturated carbocycles. The van der Waals surface area contributed by atoms with Crippen LogP contribution >= 0.6 is 0 Å². The van der Waals surface area contributed by atoms with Gasteiger partial charge in [0.1, 0.15) is 0 Å². The molecular formula is H2IrKLiO. The van der Waals surface area contributed by atoms with Crippen LogP contribution in [0.25, 0.3) is 0 Å². The Morgan fingerprint density at radius 3 is 1.25 bits per heavy atom. The molecule has 0 amide bonds. The summed E-state index contributed by atoms with van der Waals surface area (Å²) in [5.74, 6) is 0. The van der Waals surface area contributed by atoms with Crippen LogP contribution in [-0.4, -0.2) is 70.2 Å². The van der Waals surface area contributed by atoms with Crippen molar-refractivity contribution in [3.8, 4) is 0 Å². The molecule has 0 saturated heterocycles. The van der Waals surface area contributed by atoms with Gasteiger partial charge in [0, 0.05) is 0 Å². The van der Waals surface area contributed by atoms with Gasteiger partial charge in [-0.3, -0.25) is 0 Å². The fourth-order valence-corrected chi connectivity index (χ4v) is 0. The normalized spacial score (nSPS) is 1.25. The molecule has 0 radical (unpaired) electrons. The molecule has 19 valence electrons. The predicted molar refractivity (Wildman–Crippen MR) is 15.0 cm³/mol. The van der Waals surface area contributed by atoms with Crippen molar-refractivity contribution >= 4 is 70.2 Å². The molecule has 0 heterocycles. The van der Waals surface area contributed by atoms with Gasteiger partial charge >= 0.3 is 92.6 Å². The first kappa shape index (κ1) is 15.9. The fourth-order valence-electron chi connectivity index (χ4n) is 0. The molecule has 0 aromatic carbocycles. The summed E-state index contributed by atoms with van der Waals surface area (Å²) in [5.41, 5.74) is 0. The Balaban J connectivity index is -0.00000000500. The molecule has 0 unspecified atom stereocenters. The summed E-state index contributed by atoms with van der Waals surface area (Å²) >= 11 is 0.750. The summed E-state index contributed by atoms with van der Waals surface area (Å²) in [6.45, 7) is 0. The van der Waals surface area contributed by atoms with Crippen molar-refractivity contribution in [1.29, 1.82) is 0 Å². The topological polar surface area (TPSA) is 17.1 Å². The zero-order chi connectivity index (χ0) is 2.00. The molecule has 0 aromatic rings. The third-order valence-corrected chi connectivity index (χ3v) is 0. The van der Waals surface area contributed by atoms with E-state index in [1.54, 1.807) is 0 Å². The van der Waals surface area contributed by atoms with Gasteiger partial charge in [0.15, 0.2) is 0 Å². The standard InChI is InChI=1S/Ir.K.Li.O.2H. The molecule has 0 aliphatic heterocycles. The van der Waals surface area contributed by atoms with Gasteiger partial charge in [0.2, 0.25) is 0 Å². The molecule has 4 heteroatoms. The first-order valence-electron chi connectivity index (χ1n) is 0.136. The summed E-state index contributed by atoms with van der Waals surface area (Å²) in [6.07, 6.45) is 0. The Morgan fingerprint density at radius 2 is 1.25 bits per heavy atom. The quantitative estimate of drug-likeness (QED) is 0.486. The molecule has 0 bridgehead atoms. The van der Waals surface area contributed by atoms with E-state index in [0.29, 0.717) is 0 Å². The average molecular weight is 256 g/mol. The first-order valence-corrected chi connectivity index (χ1v) is 1.11. The van der Waals surface area contributed by atoms with E-state index in [1.807, 2.05) is 0 Å². The molecular weight excluding hydrogens is 254 g/mol. The van der Waals surface area contributed by atoms with E-state index < -0.39 is 0 Å². The molecule has 0 fully saturated rings. The number of hydrogen-bond acceptors (Lipinski definition) is 1. The van der Waals surface area contributed by atoms with E-state index in [4.69, 9.17) is 3.50 Å². The van der Waals surface area contributed by atoms with E-state index >= 15 is 0 Å². The van der Waals surface area contributed by atoms with E-state index in [2.05, 4.69) is 0 Å². The number of hydrogen-bond donors (Lipinski definition) is 0. The van der Waals surface area contributed by atoms with E-state index in [0.717, 1.165) is 18.9 Å². The van der Waals surface area contributed by atoms with Gasteiger partial charge in [0.25, 0.3) is 0 Å². The van der Waals surface area contributed by atoms with Crippen LogP contribution < -0.4 is 0 Å². The maximum atomic E-state index is 8.25. The van der Waals surface area contributed by atoms with Crippen molar-refractivity contribution in [1.82, 2.24) is 0 Å². The molecule has 0 aliphatic rings. The minimum atomic E-state index is 0. The monoisotopic (exact) mass is 257 g/mol. The Bertz CT molecular complexity index is 8.00. The van der Waals surface area contributed by atoms with Crippen molar-refractivity contribution in [3.05, 3.63) is 0 Å². The van der Waals surface area contributed by atoms with Crippen molar-refractivity contribution in [2.75, 3.05) is 0 Å². The van der Waals surface area contributed by atoms with Gasteiger partial charge in [-0.25, -0.2) is 0 Å². The van der Waals surface area contributed by atoms with Crippen LogP contribution in [0, 0.1) is 0 Å². The Hall–Kier alpha value is 2.68. The van der Waals surface area contributed by atoms with Crippen LogP contribution in [-0.2, 0) is 22.4 Å². The van der Waals surface area contributed by atoms with Gasteiger partial charge in [-0.15, -0.1) is 0 Å². The third kappa shape index (κ3) is 8.82. The summed E-state index contributed by atoms with van der Waals surface area (Å²) in [7, 11) is 0. The third-order valence-electron chi connectivity index (χ3n) is 0. The van der Waals surface area contributed by atoms with Crippen molar-refractivity contribution < 1.29 is 22.4 Å². The molecule has 1 nitrogen and oxygen atoms in total. The van der Waals surface area contributed by atoms with Crippen LogP contribution in [0.4, 0.5) is 0 Å². The second kappa shape index (κ2) is 17.3. The molecule has 4 heavy (non-hydrogen) atoms. The summed E-state index contributed by atoms with van der Waals surface area (Å²) in [5, 5.41) is 0. The van der Waals surface area contributed by atoms with Crippen LogP contribution in [0.15, 0.2) is 0 Å². The predicted octanol–water partition coefficient (Wildman–Crippen LogP) is -1.42. The number of rotatable bonds is 0. The van der Waals surface area contributed by atoms with Gasteiger partial charge in [-0.1, -0.05) is 0 Å². The fraction of sp³-hybridized carbons (Fsp3) is 0. The van der Waals surface area contributed by atoms with Crippen molar-refractivity contribution in [2.45, 2.75) is 0 Å². The first-order chi connectivity index (χ1) is 1.00. The summed E-state index contributed by atoms with van der Waals surface area (Å²) < 4.78 is 8.25. The molecule has 0 aromatic heterocycles. The van der Waals surface area contributed by atoms with Crippen molar-refractivity contribution in [2.24, 2.45) is 0 Å². The molecule has 0 atom stereocenters. The molecule has 0 rings (SSSR count). The molecule has 0 N–H and O–H groups in total. The van der Waals surface area contributed by atoms with Crippen LogP contribution in [0.2, 0.25) is 0 Å². The van der Waals surface area contributed by atoms with E-state index in [1.165, 1.54) is 0 Å². The van der Waals surface area contributed by atoms with Crippen LogP contribution in [0.1, 0.15) is 0 Å². The minimum absolute atomic E-state index is 0. The maximum absolute atomic E-state index is 8.25. The molecule has 0 aliphatic carbocycles. The van der Waals surface area contributed by atoms with Gasteiger partial charge in [-0.2, -0.15) is 0 Å².